The van der Waals surface area contributed by atoms with Gasteiger partial charge in [0.1, 0.15) is 0 Å². The number of nitrogens with zero attached hydrogens (tertiary/aromatic N) is 1. The second-order valence-corrected chi connectivity index (χ2v) is 4.26. The molecule has 0 spiro atoms. The Morgan fingerprint density at radius 1 is 1.60 bits per heavy atom. The van der Waals surface area contributed by atoms with Crippen LogP contribution in [0.25, 0.3) is 0 Å². The first-order chi connectivity index (χ1) is 7.13. The van der Waals surface area contributed by atoms with Gasteiger partial charge in [-0.2, -0.15) is 0 Å². The van der Waals surface area contributed by atoms with Gasteiger partial charge in [-0.15, -0.1) is 0 Å². The molecule has 0 aromatic heterocycles. The summed E-state index contributed by atoms with van der Waals surface area (Å²) < 4.78 is 0. The van der Waals surface area contributed by atoms with E-state index in [-0.39, 0.29) is 5.91 Å². The minimum absolute atomic E-state index is 0.0979. The largest absolute Gasteiger partial charge is 0.356 e. The van der Waals surface area contributed by atoms with Gasteiger partial charge in [-0.05, 0) is 30.8 Å². The molecule has 0 aromatic rings. The molecular weight excluding hydrogens is 188 g/mol. The Hall–Kier alpha value is -1.12. The quantitative estimate of drug-likeness (QED) is 0.758. The molecule has 1 aliphatic rings. The third kappa shape index (κ3) is 3.86. The van der Waals surface area contributed by atoms with Gasteiger partial charge >= 0.3 is 0 Å². The van der Waals surface area contributed by atoms with Crippen LogP contribution in [-0.2, 0) is 4.79 Å². The number of nitrogens with one attached hydrogen (secondary N) is 1. The maximum Gasteiger partial charge on any atom is 0.224 e. The third-order valence-electron chi connectivity index (χ3n) is 2.82. The van der Waals surface area contributed by atoms with Crippen molar-refractivity contribution in [3.63, 3.8) is 0 Å². The lowest BCUT2D eigenvalue weighted by atomic mass is 9.90. The second kappa shape index (κ2) is 5.69. The van der Waals surface area contributed by atoms with E-state index in [1.54, 1.807) is 0 Å². The van der Waals surface area contributed by atoms with E-state index in [0.717, 1.165) is 12.0 Å². The van der Waals surface area contributed by atoms with Crippen molar-refractivity contribution in [2.75, 3.05) is 6.54 Å². The molecule has 0 fully saturated rings. The zero-order chi connectivity index (χ0) is 11.3. The first-order valence-corrected chi connectivity index (χ1v) is 5.61. The summed E-state index contributed by atoms with van der Waals surface area (Å²) in [6.45, 7) is 6.99. The molecule has 84 valence electrons. The Balaban J connectivity index is 2.53. The first kappa shape index (κ1) is 12.0. The molecule has 0 saturated carbocycles. The molecule has 2 atom stereocenters. The van der Waals surface area contributed by atoms with Crippen LogP contribution in [0, 0.1) is 11.8 Å². The first-order valence-electron chi connectivity index (χ1n) is 5.61. The van der Waals surface area contributed by atoms with Crippen LogP contribution in [0.3, 0.4) is 0 Å². The molecule has 2 unspecified atom stereocenters. The highest BCUT2D eigenvalue weighted by molar-refractivity contribution is 5.78. The van der Waals surface area contributed by atoms with Crippen LogP contribution >= 0.6 is 0 Å². The molecule has 1 N–H and O–H groups in total. The number of carbonyl (C=O) groups is 1. The normalized spacial score (nSPS) is 25.7. The van der Waals surface area contributed by atoms with Gasteiger partial charge in [0.2, 0.25) is 5.91 Å². The molecular formula is C12H20N2O. The average Bonchev–Trinajstić information content (AvgIpc) is 2.30. The number of hydrogen-bond donors (Lipinski definition) is 1. The van der Waals surface area contributed by atoms with Crippen molar-refractivity contribution >= 4 is 12.1 Å². The van der Waals surface area contributed by atoms with E-state index in [2.05, 4.69) is 24.2 Å². The maximum absolute atomic E-state index is 11.4. The molecule has 3 nitrogen and oxygen atoms in total. The van der Waals surface area contributed by atoms with Crippen molar-refractivity contribution in [3.05, 3.63) is 11.8 Å². The second-order valence-electron chi connectivity index (χ2n) is 4.26. The lowest BCUT2D eigenvalue weighted by molar-refractivity contribution is -0.120. The van der Waals surface area contributed by atoms with Crippen molar-refractivity contribution < 1.29 is 4.79 Å². The fraction of sp³-hybridized carbons (Fsp3) is 0.667. The predicted molar refractivity (Wildman–Crippen MR) is 62.8 cm³/mol. The van der Waals surface area contributed by atoms with Gasteiger partial charge in [-0.3, -0.25) is 9.79 Å². The molecule has 1 heterocycles. The van der Waals surface area contributed by atoms with E-state index in [9.17, 15) is 4.79 Å². The van der Waals surface area contributed by atoms with Crippen LogP contribution in [-0.4, -0.2) is 18.7 Å². The van der Waals surface area contributed by atoms with Crippen molar-refractivity contribution in [3.8, 4) is 0 Å². The number of hydrogen-bond acceptors (Lipinski definition) is 2. The summed E-state index contributed by atoms with van der Waals surface area (Å²) >= 11 is 0. The van der Waals surface area contributed by atoms with E-state index >= 15 is 0 Å². The summed E-state index contributed by atoms with van der Waals surface area (Å²) in [6, 6.07) is 0. The summed E-state index contributed by atoms with van der Waals surface area (Å²) in [7, 11) is 0. The zero-order valence-electron chi connectivity index (χ0n) is 9.79. The Morgan fingerprint density at radius 3 is 3.00 bits per heavy atom. The van der Waals surface area contributed by atoms with E-state index in [1.807, 2.05) is 19.3 Å². The van der Waals surface area contributed by atoms with Gasteiger partial charge in [-0.25, -0.2) is 0 Å². The van der Waals surface area contributed by atoms with E-state index in [1.165, 1.54) is 0 Å². The Labute approximate surface area is 91.7 Å². The number of rotatable bonds is 3. The van der Waals surface area contributed by atoms with Crippen LogP contribution in [0.15, 0.2) is 16.8 Å². The van der Waals surface area contributed by atoms with Crippen LogP contribution in [0.4, 0.5) is 0 Å². The molecule has 0 bridgehead atoms. The number of aliphatic imine (C=N–C) groups is 1. The Bertz CT molecular complexity index is 281. The highest BCUT2D eigenvalue weighted by atomic mass is 16.1. The molecule has 0 saturated heterocycles. The SMILES string of the molecule is CCNC(=O)CC1=CN=CC(C)C(C)C1. The fourth-order valence-corrected chi connectivity index (χ4v) is 1.67. The molecule has 0 aromatic carbocycles. The molecule has 1 aliphatic heterocycles. The molecule has 0 radical (unpaired) electrons. The summed E-state index contributed by atoms with van der Waals surface area (Å²) in [5, 5.41) is 2.81. The molecule has 1 amide bonds. The molecule has 0 aliphatic carbocycles. The smallest absolute Gasteiger partial charge is 0.224 e. The summed E-state index contributed by atoms with van der Waals surface area (Å²) in [6.07, 6.45) is 5.27. The average molecular weight is 208 g/mol. The lowest BCUT2D eigenvalue weighted by Crippen LogP contribution is -2.23. The van der Waals surface area contributed by atoms with Crippen molar-refractivity contribution in [1.82, 2.24) is 5.32 Å². The van der Waals surface area contributed by atoms with Crippen molar-refractivity contribution in [2.45, 2.75) is 33.6 Å². The predicted octanol–water partition coefficient (Wildman–Crippen LogP) is 2.14. The minimum atomic E-state index is 0.0979. The van der Waals surface area contributed by atoms with E-state index in [0.29, 0.717) is 24.8 Å². The van der Waals surface area contributed by atoms with Gasteiger partial charge in [-0.1, -0.05) is 13.8 Å². The van der Waals surface area contributed by atoms with Gasteiger partial charge in [0, 0.05) is 25.4 Å². The molecule has 1 rings (SSSR count). The van der Waals surface area contributed by atoms with Crippen LogP contribution in [0.5, 0.6) is 0 Å². The Morgan fingerprint density at radius 2 is 2.33 bits per heavy atom. The maximum atomic E-state index is 11.4. The lowest BCUT2D eigenvalue weighted by Gasteiger charge is -2.14. The van der Waals surface area contributed by atoms with Crippen LogP contribution < -0.4 is 5.32 Å². The fourth-order valence-electron chi connectivity index (χ4n) is 1.67. The van der Waals surface area contributed by atoms with E-state index in [4.69, 9.17) is 0 Å². The third-order valence-corrected chi connectivity index (χ3v) is 2.82. The highest BCUT2D eigenvalue weighted by Gasteiger charge is 2.16. The monoisotopic (exact) mass is 208 g/mol. The Kier molecular flexibility index (Phi) is 4.53. The van der Waals surface area contributed by atoms with Crippen LogP contribution in [0.1, 0.15) is 33.6 Å². The number of carbonyl (C=O) groups excluding carboxylic acids is 1. The van der Waals surface area contributed by atoms with Gasteiger partial charge in [0.05, 0.1) is 0 Å². The van der Waals surface area contributed by atoms with Gasteiger partial charge < -0.3 is 5.32 Å². The zero-order valence-corrected chi connectivity index (χ0v) is 9.79. The summed E-state index contributed by atoms with van der Waals surface area (Å²) in [4.78, 5) is 15.6. The topological polar surface area (TPSA) is 41.5 Å². The molecule has 15 heavy (non-hydrogen) atoms. The van der Waals surface area contributed by atoms with Gasteiger partial charge in [0.25, 0.3) is 0 Å². The van der Waals surface area contributed by atoms with Crippen molar-refractivity contribution in [1.29, 1.82) is 0 Å². The summed E-state index contributed by atoms with van der Waals surface area (Å²) in [5.41, 5.74) is 1.13. The van der Waals surface area contributed by atoms with Crippen molar-refractivity contribution in [2.24, 2.45) is 16.8 Å². The van der Waals surface area contributed by atoms with E-state index < -0.39 is 0 Å². The van der Waals surface area contributed by atoms with Gasteiger partial charge in [0.15, 0.2) is 0 Å². The number of amides is 1. The minimum Gasteiger partial charge on any atom is -0.356 e. The van der Waals surface area contributed by atoms with Crippen LogP contribution in [0.2, 0.25) is 0 Å². The highest BCUT2D eigenvalue weighted by Crippen LogP contribution is 2.23. The molecule has 3 heteroatoms. The standard InChI is InChI=1S/C12H20N2O/c1-4-14-12(15)6-11-5-9(2)10(3)7-13-8-11/h7-10H,4-6H2,1-3H3,(H,14,15). The summed E-state index contributed by atoms with van der Waals surface area (Å²) in [5.74, 6) is 1.16.